The maximum Gasteiger partial charge on any atom is 0.252 e. The number of fused-ring (bicyclic) bond motifs is 4. The Hall–Kier alpha value is -7.36. The van der Waals surface area contributed by atoms with Gasteiger partial charge in [-0.3, -0.25) is 0 Å². The van der Waals surface area contributed by atoms with Crippen LogP contribution in [0.5, 0.6) is 0 Å². The van der Waals surface area contributed by atoms with Crippen molar-refractivity contribution in [3.05, 3.63) is 224 Å². The Labute approximate surface area is 334 Å². The standard InChI is InChI=1S/C54H37BN2/c1-5-20-38(21-6-1)42-28-17-29-43(39-22-7-2-8-23-39)53(42)56-48-34-15-13-32-46(48)55-47-33-14-16-35-49(47)57(51-37-19-36-50(56)52(51)55)54-44(40-24-9-3-10-25-40)30-18-31-45(54)41-26-11-4-12-27-41/h1-37H. The van der Waals surface area contributed by atoms with Crippen LogP contribution in [0.1, 0.15) is 0 Å². The summed E-state index contributed by atoms with van der Waals surface area (Å²) in [5.74, 6) is 0. The van der Waals surface area contributed by atoms with Gasteiger partial charge in [-0.05, 0) is 62.9 Å². The fraction of sp³-hybridized carbons (Fsp3) is 0. The van der Waals surface area contributed by atoms with E-state index in [1.165, 1.54) is 95.0 Å². The van der Waals surface area contributed by atoms with Gasteiger partial charge in [0.05, 0.1) is 11.4 Å². The van der Waals surface area contributed by atoms with Crippen molar-refractivity contribution >= 4 is 57.2 Å². The maximum atomic E-state index is 2.56. The molecule has 57 heavy (non-hydrogen) atoms. The molecule has 0 N–H and O–H groups in total. The highest BCUT2D eigenvalue weighted by Gasteiger charge is 2.44. The molecule has 0 spiro atoms. The van der Waals surface area contributed by atoms with Gasteiger partial charge in [0.25, 0.3) is 6.71 Å². The molecule has 9 aromatic carbocycles. The van der Waals surface area contributed by atoms with E-state index in [4.69, 9.17) is 0 Å². The molecule has 0 aliphatic carbocycles. The number of nitrogens with zero attached hydrogens (tertiary/aromatic N) is 2. The van der Waals surface area contributed by atoms with Crippen molar-refractivity contribution in [1.29, 1.82) is 0 Å². The Kier molecular flexibility index (Phi) is 7.96. The van der Waals surface area contributed by atoms with Crippen LogP contribution in [0.4, 0.5) is 34.1 Å². The molecule has 0 unspecified atom stereocenters. The fourth-order valence-corrected chi connectivity index (χ4v) is 9.29. The number of rotatable bonds is 6. The second-order valence-electron chi connectivity index (χ2n) is 14.8. The Balaban J connectivity index is 1.25. The second-order valence-corrected chi connectivity index (χ2v) is 14.8. The third-order valence-corrected chi connectivity index (χ3v) is 11.7. The molecule has 0 saturated carbocycles. The largest absolute Gasteiger partial charge is 0.310 e. The number of anilines is 6. The van der Waals surface area contributed by atoms with Crippen molar-refractivity contribution in [2.75, 3.05) is 9.80 Å². The Morgan fingerprint density at radius 2 is 0.526 bits per heavy atom. The van der Waals surface area contributed by atoms with Crippen LogP contribution in [-0.2, 0) is 0 Å². The summed E-state index contributed by atoms with van der Waals surface area (Å²) in [6, 6.07) is 82.0. The van der Waals surface area contributed by atoms with Crippen LogP contribution in [0.25, 0.3) is 44.5 Å². The van der Waals surface area contributed by atoms with Gasteiger partial charge in [0.15, 0.2) is 0 Å². The normalized spacial score (nSPS) is 12.5. The molecule has 0 fully saturated rings. The van der Waals surface area contributed by atoms with Crippen LogP contribution in [0.15, 0.2) is 224 Å². The molecule has 2 aliphatic heterocycles. The molecule has 2 nitrogen and oxygen atoms in total. The highest BCUT2D eigenvalue weighted by Crippen LogP contribution is 2.51. The lowest BCUT2D eigenvalue weighted by molar-refractivity contribution is 1.25. The monoisotopic (exact) mass is 724 g/mol. The molecule has 0 amide bonds. The van der Waals surface area contributed by atoms with Crippen molar-refractivity contribution in [2.45, 2.75) is 0 Å². The number of benzene rings is 9. The fourth-order valence-electron chi connectivity index (χ4n) is 9.29. The lowest BCUT2D eigenvalue weighted by atomic mass is 9.33. The molecule has 9 aromatic rings. The summed E-state index contributed by atoms with van der Waals surface area (Å²) in [5.41, 5.74) is 20.5. The molecule has 266 valence electrons. The summed E-state index contributed by atoms with van der Waals surface area (Å²) >= 11 is 0. The first-order valence-electron chi connectivity index (χ1n) is 19.7. The quantitative estimate of drug-likeness (QED) is 0.158. The van der Waals surface area contributed by atoms with Crippen LogP contribution in [-0.4, -0.2) is 6.71 Å². The first-order chi connectivity index (χ1) is 28.3. The number of hydrogen-bond acceptors (Lipinski definition) is 2. The van der Waals surface area contributed by atoms with E-state index in [1.54, 1.807) is 0 Å². The van der Waals surface area contributed by atoms with E-state index in [-0.39, 0.29) is 6.71 Å². The number of para-hydroxylation sites is 4. The van der Waals surface area contributed by atoms with E-state index in [0.717, 1.165) is 0 Å². The molecule has 2 aliphatic rings. The van der Waals surface area contributed by atoms with Crippen LogP contribution >= 0.6 is 0 Å². The molecule has 2 heterocycles. The summed E-state index contributed by atoms with van der Waals surface area (Å²) in [7, 11) is 0. The average Bonchev–Trinajstić information content (AvgIpc) is 3.30. The zero-order valence-electron chi connectivity index (χ0n) is 31.3. The van der Waals surface area contributed by atoms with E-state index >= 15 is 0 Å². The second kappa shape index (κ2) is 13.7. The lowest BCUT2D eigenvalue weighted by Crippen LogP contribution is -2.61. The molecular formula is C54H37BN2. The summed E-state index contributed by atoms with van der Waals surface area (Å²) in [6.07, 6.45) is 0. The van der Waals surface area contributed by atoms with E-state index in [0.29, 0.717) is 0 Å². The van der Waals surface area contributed by atoms with Crippen LogP contribution in [0.3, 0.4) is 0 Å². The molecule has 0 saturated heterocycles. The molecule has 11 rings (SSSR count). The van der Waals surface area contributed by atoms with Gasteiger partial charge in [-0.25, -0.2) is 0 Å². The summed E-state index contributed by atoms with van der Waals surface area (Å²) in [6.45, 7) is 0.0317. The lowest BCUT2D eigenvalue weighted by Gasteiger charge is -2.45. The zero-order valence-corrected chi connectivity index (χ0v) is 31.3. The minimum absolute atomic E-state index is 0.0317. The van der Waals surface area contributed by atoms with E-state index in [1.807, 2.05) is 0 Å². The SMILES string of the molecule is c1ccc(-c2cccc(-c3ccccc3)c2N2c3ccccc3B3c4ccccc4N(c4c(-c5ccccc5)cccc4-c4ccccc4)c4cccc2c43)cc1. The van der Waals surface area contributed by atoms with Gasteiger partial charge in [-0.1, -0.05) is 200 Å². The van der Waals surface area contributed by atoms with Crippen LogP contribution in [0, 0.1) is 0 Å². The Morgan fingerprint density at radius 3 is 0.877 bits per heavy atom. The van der Waals surface area contributed by atoms with Gasteiger partial charge < -0.3 is 9.80 Å². The highest BCUT2D eigenvalue weighted by atomic mass is 15.2. The van der Waals surface area contributed by atoms with Crippen molar-refractivity contribution < 1.29 is 0 Å². The zero-order chi connectivity index (χ0) is 37.7. The average molecular weight is 725 g/mol. The predicted molar refractivity (Wildman–Crippen MR) is 242 cm³/mol. The third-order valence-electron chi connectivity index (χ3n) is 11.7. The van der Waals surface area contributed by atoms with E-state index in [9.17, 15) is 0 Å². The van der Waals surface area contributed by atoms with E-state index < -0.39 is 0 Å². The topological polar surface area (TPSA) is 6.48 Å². The highest BCUT2D eigenvalue weighted by molar-refractivity contribution is 7.00. The number of hydrogen-bond donors (Lipinski definition) is 0. The first kappa shape index (κ1) is 33.0. The summed E-state index contributed by atoms with van der Waals surface area (Å²) in [5, 5.41) is 0. The minimum atomic E-state index is 0.0317. The smallest absolute Gasteiger partial charge is 0.252 e. The first-order valence-corrected chi connectivity index (χ1v) is 19.7. The predicted octanol–water partition coefficient (Wildman–Crippen LogP) is 12.4. The minimum Gasteiger partial charge on any atom is -0.310 e. The maximum absolute atomic E-state index is 2.56. The van der Waals surface area contributed by atoms with Gasteiger partial charge in [0.2, 0.25) is 0 Å². The summed E-state index contributed by atoms with van der Waals surface area (Å²) in [4.78, 5) is 5.12. The summed E-state index contributed by atoms with van der Waals surface area (Å²) < 4.78 is 0. The Morgan fingerprint density at radius 1 is 0.246 bits per heavy atom. The molecular weight excluding hydrogens is 687 g/mol. The molecule has 0 bridgehead atoms. The van der Waals surface area contributed by atoms with Crippen LogP contribution in [0.2, 0.25) is 0 Å². The van der Waals surface area contributed by atoms with Gasteiger partial charge >= 0.3 is 0 Å². The van der Waals surface area contributed by atoms with Crippen molar-refractivity contribution in [3.63, 3.8) is 0 Å². The van der Waals surface area contributed by atoms with Crippen molar-refractivity contribution in [2.24, 2.45) is 0 Å². The van der Waals surface area contributed by atoms with E-state index in [2.05, 4.69) is 234 Å². The molecule has 3 heteroatoms. The Bertz CT molecular complexity index is 2600. The molecule has 0 atom stereocenters. The third kappa shape index (κ3) is 5.35. The van der Waals surface area contributed by atoms with Gasteiger partial charge in [0, 0.05) is 45.0 Å². The van der Waals surface area contributed by atoms with Gasteiger partial charge in [-0.2, -0.15) is 0 Å². The van der Waals surface area contributed by atoms with Crippen LogP contribution < -0.4 is 26.2 Å². The van der Waals surface area contributed by atoms with Crippen molar-refractivity contribution in [1.82, 2.24) is 0 Å². The molecule has 0 radical (unpaired) electrons. The van der Waals surface area contributed by atoms with Crippen molar-refractivity contribution in [3.8, 4) is 44.5 Å². The van der Waals surface area contributed by atoms with Gasteiger partial charge in [0.1, 0.15) is 0 Å². The van der Waals surface area contributed by atoms with Gasteiger partial charge in [-0.15, -0.1) is 0 Å². The molecule has 0 aromatic heterocycles.